The summed E-state index contributed by atoms with van der Waals surface area (Å²) in [4.78, 5) is 13.9. The third kappa shape index (κ3) is 3.62. The molecule has 0 saturated carbocycles. The Hall–Kier alpha value is -2.68. The number of carbonyl (C=O) groups excluding carboxylic acids is 1. The van der Waals surface area contributed by atoms with Crippen LogP contribution in [-0.2, 0) is 13.6 Å². The molecule has 0 atom stereocenters. The van der Waals surface area contributed by atoms with E-state index in [4.69, 9.17) is 4.74 Å². The maximum atomic E-state index is 12.4. The largest absolute Gasteiger partial charge is 0.493 e. The van der Waals surface area contributed by atoms with E-state index < -0.39 is 6.61 Å². The zero-order valence-electron chi connectivity index (χ0n) is 14.4. The molecule has 0 aliphatic heterocycles. The van der Waals surface area contributed by atoms with Crippen LogP contribution in [0, 0.1) is 6.92 Å². The van der Waals surface area contributed by atoms with Crippen LogP contribution in [0.25, 0.3) is 10.2 Å². The maximum Gasteiger partial charge on any atom is 0.387 e. The van der Waals surface area contributed by atoms with Gasteiger partial charge in [0.05, 0.1) is 17.7 Å². The molecule has 138 valence electrons. The summed E-state index contributed by atoms with van der Waals surface area (Å²) in [6, 6.07) is 6.36. The molecular formula is C17H17F2N3O3S. The number of thiophene rings is 1. The Morgan fingerprint density at radius 2 is 2.12 bits per heavy atom. The number of ether oxygens (including phenoxy) is 2. The molecule has 0 bridgehead atoms. The fourth-order valence-corrected chi connectivity index (χ4v) is 3.64. The van der Waals surface area contributed by atoms with E-state index in [2.05, 4.69) is 15.2 Å². The number of hydrogen-bond donors (Lipinski definition) is 1. The summed E-state index contributed by atoms with van der Waals surface area (Å²) in [5.74, 6) is -0.0804. The van der Waals surface area contributed by atoms with Crippen LogP contribution in [0.5, 0.6) is 11.5 Å². The van der Waals surface area contributed by atoms with Gasteiger partial charge in [0, 0.05) is 19.0 Å². The molecule has 0 aliphatic carbocycles. The molecule has 1 aromatic carbocycles. The van der Waals surface area contributed by atoms with Gasteiger partial charge < -0.3 is 14.8 Å². The predicted octanol–water partition coefficient (Wildman–Crippen LogP) is 3.48. The topological polar surface area (TPSA) is 65.4 Å². The first-order valence-electron chi connectivity index (χ1n) is 7.72. The number of benzene rings is 1. The number of fused-ring (bicyclic) bond motifs is 1. The van der Waals surface area contributed by atoms with Crippen LogP contribution in [-0.4, -0.2) is 29.4 Å². The summed E-state index contributed by atoms with van der Waals surface area (Å²) in [6.07, 6.45) is 0. The summed E-state index contributed by atoms with van der Waals surface area (Å²) in [6.45, 7) is -0.804. The molecule has 3 rings (SSSR count). The van der Waals surface area contributed by atoms with Gasteiger partial charge in [0.1, 0.15) is 4.83 Å². The molecule has 0 saturated heterocycles. The van der Waals surface area contributed by atoms with E-state index >= 15 is 0 Å². The van der Waals surface area contributed by atoms with Gasteiger partial charge in [-0.15, -0.1) is 11.3 Å². The first-order valence-corrected chi connectivity index (χ1v) is 8.53. The molecule has 0 fully saturated rings. The molecule has 1 amide bonds. The number of nitrogens with zero attached hydrogens (tertiary/aromatic N) is 2. The Kier molecular flexibility index (Phi) is 5.08. The van der Waals surface area contributed by atoms with Crippen LogP contribution in [0.15, 0.2) is 24.3 Å². The standard InChI is InChI=1S/C17H17F2N3O3S/c1-9-11-7-14(26-16(11)22(2)21-9)15(23)20-8-10-4-5-12(25-17(18)19)13(6-10)24-3/h4-7,17H,8H2,1-3H3,(H,20,23). The lowest BCUT2D eigenvalue weighted by molar-refractivity contribution is -0.0512. The van der Waals surface area contributed by atoms with E-state index in [0.717, 1.165) is 15.9 Å². The number of alkyl halides is 2. The van der Waals surface area contributed by atoms with Gasteiger partial charge in [0.15, 0.2) is 11.5 Å². The molecule has 0 spiro atoms. The summed E-state index contributed by atoms with van der Waals surface area (Å²) in [7, 11) is 3.20. The minimum atomic E-state index is -2.93. The number of aryl methyl sites for hydroxylation is 2. The van der Waals surface area contributed by atoms with E-state index in [1.807, 2.05) is 20.0 Å². The van der Waals surface area contributed by atoms with Gasteiger partial charge >= 0.3 is 6.61 Å². The number of amides is 1. The predicted molar refractivity (Wildman–Crippen MR) is 94.1 cm³/mol. The Morgan fingerprint density at radius 3 is 2.77 bits per heavy atom. The van der Waals surface area contributed by atoms with Crippen LogP contribution in [0.3, 0.4) is 0 Å². The second-order valence-corrected chi connectivity index (χ2v) is 6.62. The lowest BCUT2D eigenvalue weighted by Gasteiger charge is -2.11. The van der Waals surface area contributed by atoms with Gasteiger partial charge in [0.25, 0.3) is 5.91 Å². The fraction of sp³-hybridized carbons (Fsp3) is 0.294. The average molecular weight is 381 g/mol. The minimum absolute atomic E-state index is 0.0509. The van der Waals surface area contributed by atoms with Crippen molar-refractivity contribution in [1.82, 2.24) is 15.1 Å². The van der Waals surface area contributed by atoms with Crippen molar-refractivity contribution in [2.45, 2.75) is 20.1 Å². The number of rotatable bonds is 6. The highest BCUT2D eigenvalue weighted by atomic mass is 32.1. The van der Waals surface area contributed by atoms with Crippen molar-refractivity contribution in [3.63, 3.8) is 0 Å². The van der Waals surface area contributed by atoms with Crippen LogP contribution >= 0.6 is 11.3 Å². The van der Waals surface area contributed by atoms with Crippen molar-refractivity contribution in [3.05, 3.63) is 40.4 Å². The molecule has 9 heteroatoms. The van der Waals surface area contributed by atoms with Crippen molar-refractivity contribution in [1.29, 1.82) is 0 Å². The van der Waals surface area contributed by atoms with Crippen LogP contribution in [0.2, 0.25) is 0 Å². The Morgan fingerprint density at radius 1 is 1.35 bits per heavy atom. The van der Waals surface area contributed by atoms with Crippen molar-refractivity contribution < 1.29 is 23.0 Å². The number of methoxy groups -OCH3 is 1. The van der Waals surface area contributed by atoms with E-state index in [1.54, 1.807) is 16.8 Å². The molecule has 6 nitrogen and oxygen atoms in total. The van der Waals surface area contributed by atoms with Gasteiger partial charge in [-0.1, -0.05) is 6.07 Å². The van der Waals surface area contributed by atoms with Crippen molar-refractivity contribution in [2.24, 2.45) is 7.05 Å². The normalized spacial score (nSPS) is 11.2. The van der Waals surface area contributed by atoms with E-state index in [1.165, 1.54) is 24.5 Å². The Labute approximate surface area is 152 Å². The Balaban J connectivity index is 1.71. The van der Waals surface area contributed by atoms with Gasteiger partial charge in [-0.2, -0.15) is 13.9 Å². The molecule has 1 N–H and O–H groups in total. The van der Waals surface area contributed by atoms with Crippen LogP contribution in [0.4, 0.5) is 8.78 Å². The minimum Gasteiger partial charge on any atom is -0.493 e. The molecule has 2 heterocycles. The van der Waals surface area contributed by atoms with Gasteiger partial charge in [-0.05, 0) is 30.7 Å². The molecule has 0 aliphatic rings. The second kappa shape index (κ2) is 7.28. The highest BCUT2D eigenvalue weighted by molar-refractivity contribution is 7.20. The smallest absolute Gasteiger partial charge is 0.387 e. The third-order valence-corrected chi connectivity index (χ3v) is 5.02. The summed E-state index contributed by atoms with van der Waals surface area (Å²) < 4.78 is 35.9. The van der Waals surface area contributed by atoms with Crippen LogP contribution < -0.4 is 14.8 Å². The quantitative estimate of drug-likeness (QED) is 0.710. The highest BCUT2D eigenvalue weighted by Gasteiger charge is 2.16. The lowest BCUT2D eigenvalue weighted by Crippen LogP contribution is -2.21. The second-order valence-electron chi connectivity index (χ2n) is 5.58. The average Bonchev–Trinajstić information content (AvgIpc) is 3.15. The van der Waals surface area contributed by atoms with Crippen LogP contribution in [0.1, 0.15) is 20.9 Å². The van der Waals surface area contributed by atoms with E-state index in [-0.39, 0.29) is 24.0 Å². The SMILES string of the molecule is COc1cc(CNC(=O)c2cc3c(C)nn(C)c3s2)ccc1OC(F)F. The van der Waals surface area contributed by atoms with Crippen molar-refractivity contribution >= 4 is 27.5 Å². The molecule has 0 unspecified atom stereocenters. The molecule has 26 heavy (non-hydrogen) atoms. The monoisotopic (exact) mass is 381 g/mol. The number of aromatic nitrogens is 2. The number of hydrogen-bond acceptors (Lipinski definition) is 5. The van der Waals surface area contributed by atoms with Gasteiger partial charge in [-0.3, -0.25) is 9.48 Å². The number of halogens is 2. The summed E-state index contributed by atoms with van der Waals surface area (Å²) in [5, 5.41) is 8.08. The van der Waals surface area contributed by atoms with Crippen molar-refractivity contribution in [2.75, 3.05) is 7.11 Å². The number of nitrogens with one attached hydrogen (secondary N) is 1. The van der Waals surface area contributed by atoms with E-state index in [0.29, 0.717) is 10.4 Å². The summed E-state index contributed by atoms with van der Waals surface area (Å²) in [5.41, 5.74) is 1.58. The maximum absolute atomic E-state index is 12.4. The zero-order chi connectivity index (χ0) is 18.8. The molecular weight excluding hydrogens is 364 g/mol. The van der Waals surface area contributed by atoms with Gasteiger partial charge in [0.2, 0.25) is 0 Å². The first kappa shape index (κ1) is 18.1. The Bertz CT molecular complexity index is 918. The highest BCUT2D eigenvalue weighted by Crippen LogP contribution is 2.30. The first-order chi connectivity index (χ1) is 12.4. The third-order valence-electron chi connectivity index (χ3n) is 3.82. The molecule has 2 aromatic heterocycles. The number of carbonyl (C=O) groups is 1. The van der Waals surface area contributed by atoms with E-state index in [9.17, 15) is 13.6 Å². The van der Waals surface area contributed by atoms with Gasteiger partial charge in [-0.25, -0.2) is 0 Å². The molecule has 3 aromatic rings. The zero-order valence-corrected chi connectivity index (χ0v) is 15.2. The van der Waals surface area contributed by atoms with Crippen molar-refractivity contribution in [3.8, 4) is 11.5 Å². The summed E-state index contributed by atoms with van der Waals surface area (Å²) >= 11 is 1.37. The lowest BCUT2D eigenvalue weighted by atomic mass is 10.2. The fourth-order valence-electron chi connectivity index (χ4n) is 2.60. The molecule has 0 radical (unpaired) electrons.